The number of aryl methyl sites for hydroxylation is 1. The summed E-state index contributed by atoms with van der Waals surface area (Å²) in [5.74, 6) is 0.598. The first-order chi connectivity index (χ1) is 22.0. The number of piperidine rings is 1. The van der Waals surface area contributed by atoms with Gasteiger partial charge in [-0.2, -0.15) is 18.4 Å². The molecule has 0 radical (unpaired) electrons. The summed E-state index contributed by atoms with van der Waals surface area (Å²) in [5.41, 5.74) is 4.17. The van der Waals surface area contributed by atoms with Crippen molar-refractivity contribution < 1.29 is 17.4 Å². The molecule has 0 saturated carbocycles. The number of hydrogen-bond donors (Lipinski definition) is 1. The van der Waals surface area contributed by atoms with Gasteiger partial charge < -0.3 is 9.88 Å². The van der Waals surface area contributed by atoms with Crippen LogP contribution in [0, 0.1) is 18.3 Å². The van der Waals surface area contributed by atoms with Gasteiger partial charge in [0.1, 0.15) is 28.7 Å². The van der Waals surface area contributed by atoms with E-state index >= 15 is 0 Å². The Kier molecular flexibility index (Phi) is 9.68. The van der Waals surface area contributed by atoms with Crippen molar-refractivity contribution in [1.29, 1.82) is 5.26 Å². The number of halogens is 3. The van der Waals surface area contributed by atoms with Crippen LogP contribution in [0.25, 0.3) is 21.1 Å². The van der Waals surface area contributed by atoms with Crippen LogP contribution in [0.1, 0.15) is 41.5 Å². The van der Waals surface area contributed by atoms with E-state index in [9.17, 15) is 22.6 Å². The van der Waals surface area contributed by atoms with Crippen LogP contribution in [-0.2, 0) is 30.5 Å². The van der Waals surface area contributed by atoms with E-state index in [0.29, 0.717) is 27.8 Å². The molecule has 9 nitrogen and oxygen atoms in total. The van der Waals surface area contributed by atoms with Gasteiger partial charge in [0.2, 0.25) is 0 Å². The maximum absolute atomic E-state index is 12.9. The number of rotatable bonds is 9. The van der Waals surface area contributed by atoms with Gasteiger partial charge in [0, 0.05) is 86.5 Å². The molecular formula is C32H39F3N8OS2. The zero-order valence-corrected chi connectivity index (χ0v) is 27.9. The molecule has 0 aliphatic carbocycles. The van der Waals surface area contributed by atoms with Crippen LogP contribution in [0.5, 0.6) is 0 Å². The third kappa shape index (κ3) is 7.23. The number of nitrogens with zero attached hydrogens (tertiary/aromatic N) is 7. The predicted molar refractivity (Wildman–Crippen MR) is 177 cm³/mol. The summed E-state index contributed by atoms with van der Waals surface area (Å²) in [7, 11) is -0.952. The minimum absolute atomic E-state index is 0.172. The van der Waals surface area contributed by atoms with E-state index in [1.165, 1.54) is 17.5 Å². The molecule has 1 aromatic carbocycles. The largest absolute Gasteiger partial charge is 0.393 e. The monoisotopic (exact) mass is 672 g/mol. The molecule has 2 atom stereocenters. The summed E-state index contributed by atoms with van der Waals surface area (Å²) in [5, 5.41) is 15.2. The van der Waals surface area contributed by atoms with E-state index < -0.39 is 23.6 Å². The fraction of sp³-hybridized carbons (Fsp3) is 0.531. The van der Waals surface area contributed by atoms with E-state index in [1.54, 1.807) is 12.3 Å². The number of hydrogen-bond acceptors (Lipinski definition) is 8. The van der Waals surface area contributed by atoms with Crippen LogP contribution in [0.15, 0.2) is 30.6 Å². The highest BCUT2D eigenvalue weighted by Gasteiger charge is 2.30. The van der Waals surface area contributed by atoms with Crippen molar-refractivity contribution in [3.63, 3.8) is 0 Å². The Morgan fingerprint density at radius 1 is 1.11 bits per heavy atom. The van der Waals surface area contributed by atoms with Gasteiger partial charge in [-0.15, -0.1) is 11.3 Å². The molecule has 0 spiro atoms. The zero-order chi connectivity index (χ0) is 32.6. The summed E-state index contributed by atoms with van der Waals surface area (Å²) in [6.45, 7) is 10.9. The molecule has 6 rings (SSSR count). The van der Waals surface area contributed by atoms with Crippen molar-refractivity contribution >= 4 is 49.3 Å². The number of nitrogens with one attached hydrogen (secondary N) is 1. The molecule has 0 bridgehead atoms. The second-order valence-corrected chi connectivity index (χ2v) is 14.9. The minimum Gasteiger partial charge on any atom is -0.367 e. The number of anilines is 1. The van der Waals surface area contributed by atoms with E-state index in [1.807, 2.05) is 10.4 Å². The standard InChI is InChI=1S/C32H39F3N8OS2/c1-21-18-42(46(3)44)12-10-41(21)11-13-43-25(17-36)14-27-22(2)23(4-5-29(27)43)19-40-8-6-24(7-9-40)39-30-28-15-26(16-32(33,34)35)45-31(28)38-20-37-30/h4-5,14-15,20-21,24H,6-13,16,18-19H2,1-3H3,(H,37,38,39). The Morgan fingerprint density at radius 3 is 2.59 bits per heavy atom. The third-order valence-corrected chi connectivity index (χ3v) is 11.5. The van der Waals surface area contributed by atoms with Crippen molar-refractivity contribution in [2.45, 2.75) is 64.5 Å². The number of piperazine rings is 1. The predicted octanol–water partition coefficient (Wildman–Crippen LogP) is 5.31. The number of benzene rings is 1. The van der Waals surface area contributed by atoms with E-state index in [4.69, 9.17) is 0 Å². The zero-order valence-electron chi connectivity index (χ0n) is 26.3. The highest BCUT2D eigenvalue weighted by Crippen LogP contribution is 2.33. The highest BCUT2D eigenvalue weighted by atomic mass is 32.2. The average Bonchev–Trinajstić information content (AvgIpc) is 3.59. The van der Waals surface area contributed by atoms with Crippen LogP contribution in [0.3, 0.4) is 0 Å². The summed E-state index contributed by atoms with van der Waals surface area (Å²) in [6.07, 6.45) is -0.286. The lowest BCUT2D eigenvalue weighted by Crippen LogP contribution is -2.52. The lowest BCUT2D eigenvalue weighted by atomic mass is 10.0. The molecule has 2 aliphatic heterocycles. The summed E-state index contributed by atoms with van der Waals surface area (Å²) >= 11 is 1.07. The molecular weight excluding hydrogens is 634 g/mol. The Hall–Kier alpha value is -3.09. The molecule has 4 aromatic rings. The van der Waals surface area contributed by atoms with Crippen molar-refractivity contribution in [2.24, 2.45) is 0 Å². The quantitative estimate of drug-likeness (QED) is 0.258. The van der Waals surface area contributed by atoms with Gasteiger partial charge in [-0.25, -0.2) is 18.5 Å². The second kappa shape index (κ2) is 13.6. The molecule has 0 amide bonds. The molecule has 2 aliphatic rings. The molecule has 1 N–H and O–H groups in total. The first kappa shape index (κ1) is 32.8. The second-order valence-electron chi connectivity index (χ2n) is 12.4. The van der Waals surface area contributed by atoms with E-state index in [-0.39, 0.29) is 10.9 Å². The molecule has 46 heavy (non-hydrogen) atoms. The number of aromatic nitrogens is 3. The van der Waals surface area contributed by atoms with E-state index in [2.05, 4.69) is 61.7 Å². The maximum Gasteiger partial charge on any atom is 0.393 e. The van der Waals surface area contributed by atoms with Crippen LogP contribution in [0.2, 0.25) is 0 Å². The highest BCUT2D eigenvalue weighted by molar-refractivity contribution is 7.81. The summed E-state index contributed by atoms with van der Waals surface area (Å²) < 4.78 is 54.9. The van der Waals surface area contributed by atoms with E-state index in [0.717, 1.165) is 87.4 Å². The lowest BCUT2D eigenvalue weighted by Gasteiger charge is -2.38. The van der Waals surface area contributed by atoms with Gasteiger partial charge in [-0.05, 0) is 56.0 Å². The van der Waals surface area contributed by atoms with Crippen molar-refractivity contribution in [3.05, 3.63) is 52.3 Å². The SMILES string of the molecule is Cc1c(CN2CCC(Nc3ncnc4sc(CC(F)(F)F)cc34)CC2)ccc2c1cc(C#N)n2CCN1CCN(S(C)=O)CC1C. The van der Waals surface area contributed by atoms with Crippen molar-refractivity contribution in [3.8, 4) is 6.07 Å². The Bertz CT molecular complexity index is 1770. The van der Waals surface area contributed by atoms with Crippen LogP contribution >= 0.6 is 11.3 Å². The Labute approximate surface area is 273 Å². The van der Waals surface area contributed by atoms with Gasteiger partial charge in [-0.3, -0.25) is 9.80 Å². The van der Waals surface area contributed by atoms with Crippen LogP contribution < -0.4 is 5.32 Å². The smallest absolute Gasteiger partial charge is 0.367 e. The van der Waals surface area contributed by atoms with Crippen LogP contribution in [-0.4, -0.2) is 96.6 Å². The van der Waals surface area contributed by atoms with Gasteiger partial charge >= 0.3 is 6.18 Å². The van der Waals surface area contributed by atoms with Crippen LogP contribution in [0.4, 0.5) is 19.0 Å². The van der Waals surface area contributed by atoms with Gasteiger partial charge in [0.05, 0.1) is 22.8 Å². The normalized spacial score (nSPS) is 20.0. The fourth-order valence-corrected chi connectivity index (χ4v) is 8.55. The molecule has 3 aromatic heterocycles. The number of alkyl halides is 3. The van der Waals surface area contributed by atoms with Crippen molar-refractivity contribution in [2.75, 3.05) is 50.8 Å². The lowest BCUT2D eigenvalue weighted by molar-refractivity contribution is -0.126. The molecule has 246 valence electrons. The number of likely N-dealkylation sites (tertiary alicyclic amines) is 1. The molecule has 2 saturated heterocycles. The first-order valence-corrected chi connectivity index (χ1v) is 18.0. The third-order valence-electron chi connectivity index (χ3n) is 9.36. The maximum atomic E-state index is 12.9. The summed E-state index contributed by atoms with van der Waals surface area (Å²) in [4.78, 5) is 14.2. The molecule has 14 heteroatoms. The minimum atomic E-state index is -4.26. The number of thiophene rings is 1. The number of nitriles is 1. The number of fused-ring (bicyclic) bond motifs is 2. The molecule has 5 heterocycles. The Balaban J connectivity index is 1.08. The topological polar surface area (TPSA) is 93.3 Å². The fourth-order valence-electron chi connectivity index (χ4n) is 6.76. The van der Waals surface area contributed by atoms with Crippen molar-refractivity contribution in [1.82, 2.24) is 28.6 Å². The summed E-state index contributed by atoms with van der Waals surface area (Å²) in [6, 6.07) is 10.8. The van der Waals surface area contributed by atoms with Gasteiger partial charge in [-0.1, -0.05) is 6.07 Å². The Morgan fingerprint density at radius 2 is 1.89 bits per heavy atom. The average molecular weight is 673 g/mol. The van der Waals surface area contributed by atoms with Gasteiger partial charge in [0.15, 0.2) is 0 Å². The first-order valence-electron chi connectivity index (χ1n) is 15.6. The molecule has 2 unspecified atom stereocenters. The van der Waals surface area contributed by atoms with Gasteiger partial charge in [0.25, 0.3) is 0 Å². The molecule has 2 fully saturated rings.